The van der Waals surface area contributed by atoms with Crippen LogP contribution in [0, 0.1) is 0 Å². The van der Waals surface area contributed by atoms with Gasteiger partial charge >= 0.3 is 0 Å². The highest BCUT2D eigenvalue weighted by molar-refractivity contribution is 9.10. The summed E-state index contributed by atoms with van der Waals surface area (Å²) in [6.07, 6.45) is 1.58. The van der Waals surface area contributed by atoms with Gasteiger partial charge in [-0.1, -0.05) is 33.8 Å². The highest BCUT2D eigenvalue weighted by Gasteiger charge is 2.30. The molecule has 0 aliphatic carbocycles. The number of rotatable bonds is 7. The molecule has 11 heteroatoms. The Bertz CT molecular complexity index is 1420. The lowest BCUT2D eigenvalue weighted by Gasteiger charge is -2.40. The van der Waals surface area contributed by atoms with Gasteiger partial charge in [0.1, 0.15) is 5.75 Å². The SMILES string of the molecule is COc1ccc(-n2c(SCC(=O)N3CCN(C(=O)c4cccc(Br)c4)C(C)C3)nnc2-c2ccco2)cc1. The van der Waals surface area contributed by atoms with Gasteiger partial charge in [-0.15, -0.1) is 10.2 Å². The Morgan fingerprint density at radius 3 is 2.61 bits per heavy atom. The van der Waals surface area contributed by atoms with Crippen LogP contribution in [0.3, 0.4) is 0 Å². The van der Waals surface area contributed by atoms with Crippen LogP contribution in [0.1, 0.15) is 17.3 Å². The number of hydrogen-bond acceptors (Lipinski definition) is 7. The van der Waals surface area contributed by atoms with Gasteiger partial charge in [0.15, 0.2) is 10.9 Å². The number of ether oxygens (including phenoxy) is 1. The first-order chi connectivity index (χ1) is 18.4. The number of thioether (sulfide) groups is 1. The van der Waals surface area contributed by atoms with Crippen LogP contribution >= 0.6 is 27.7 Å². The van der Waals surface area contributed by atoms with Crippen molar-refractivity contribution in [2.45, 2.75) is 18.1 Å². The standard InChI is InChI=1S/C27H26BrN5O4S/c1-18-16-31(12-13-32(18)26(35)19-5-3-6-20(28)15-19)24(34)17-38-27-30-29-25(23-7-4-14-37-23)33(27)21-8-10-22(36-2)11-9-21/h3-11,14-15,18H,12-13,16-17H2,1-2H3. The summed E-state index contributed by atoms with van der Waals surface area (Å²) < 4.78 is 13.6. The lowest BCUT2D eigenvalue weighted by atomic mass is 10.1. The number of aromatic nitrogens is 3. The summed E-state index contributed by atoms with van der Waals surface area (Å²) in [4.78, 5) is 29.8. The first kappa shape index (κ1) is 26.1. The molecule has 1 unspecified atom stereocenters. The Labute approximate surface area is 232 Å². The molecule has 4 aromatic rings. The van der Waals surface area contributed by atoms with E-state index >= 15 is 0 Å². The van der Waals surface area contributed by atoms with Crippen molar-refractivity contribution in [3.05, 3.63) is 77.0 Å². The van der Waals surface area contributed by atoms with E-state index in [-0.39, 0.29) is 23.6 Å². The summed E-state index contributed by atoms with van der Waals surface area (Å²) in [5.74, 6) is 2.00. The summed E-state index contributed by atoms with van der Waals surface area (Å²) in [5.41, 5.74) is 1.46. The van der Waals surface area contributed by atoms with E-state index in [2.05, 4.69) is 26.1 Å². The second kappa shape index (κ2) is 11.4. The van der Waals surface area contributed by atoms with Crippen LogP contribution in [-0.4, -0.2) is 74.9 Å². The minimum absolute atomic E-state index is 0.0137. The third-order valence-corrected chi connectivity index (χ3v) is 7.75. The lowest BCUT2D eigenvalue weighted by molar-refractivity contribution is -0.130. The number of halogens is 1. The Morgan fingerprint density at radius 2 is 1.92 bits per heavy atom. The summed E-state index contributed by atoms with van der Waals surface area (Å²) in [6, 6.07) is 18.4. The van der Waals surface area contributed by atoms with E-state index in [1.54, 1.807) is 19.4 Å². The molecule has 2 aromatic carbocycles. The zero-order valence-corrected chi connectivity index (χ0v) is 23.3. The predicted octanol–water partition coefficient (Wildman–Crippen LogP) is 4.76. The molecule has 1 atom stereocenters. The molecule has 1 aliphatic heterocycles. The van der Waals surface area contributed by atoms with Crippen LogP contribution in [-0.2, 0) is 4.79 Å². The zero-order chi connectivity index (χ0) is 26.6. The van der Waals surface area contributed by atoms with E-state index in [4.69, 9.17) is 9.15 Å². The van der Waals surface area contributed by atoms with Gasteiger partial charge in [-0.3, -0.25) is 14.2 Å². The molecular formula is C27H26BrN5O4S. The second-order valence-electron chi connectivity index (χ2n) is 8.80. The number of nitrogens with zero attached hydrogens (tertiary/aromatic N) is 5. The quantitative estimate of drug-likeness (QED) is 0.284. The number of carbonyl (C=O) groups is 2. The fourth-order valence-corrected chi connectivity index (χ4v) is 5.64. The third kappa shape index (κ3) is 5.48. The minimum atomic E-state index is -0.0994. The molecule has 196 valence electrons. The molecule has 2 aromatic heterocycles. The molecule has 3 heterocycles. The highest BCUT2D eigenvalue weighted by Crippen LogP contribution is 2.29. The molecule has 9 nitrogen and oxygen atoms in total. The predicted molar refractivity (Wildman–Crippen MR) is 148 cm³/mol. The van der Waals surface area contributed by atoms with Gasteiger partial charge in [0.25, 0.3) is 5.91 Å². The van der Waals surface area contributed by atoms with E-state index in [1.807, 2.05) is 75.9 Å². The number of furan rings is 1. The van der Waals surface area contributed by atoms with Gasteiger partial charge in [-0.25, -0.2) is 0 Å². The first-order valence-electron chi connectivity index (χ1n) is 12.1. The number of methoxy groups -OCH3 is 1. The highest BCUT2D eigenvalue weighted by atomic mass is 79.9. The maximum absolute atomic E-state index is 13.2. The normalized spacial score (nSPS) is 15.5. The van der Waals surface area contributed by atoms with E-state index in [9.17, 15) is 9.59 Å². The number of piperazine rings is 1. The Hall–Kier alpha value is -3.57. The number of carbonyl (C=O) groups excluding carboxylic acids is 2. The van der Waals surface area contributed by atoms with Gasteiger partial charge in [-0.2, -0.15) is 0 Å². The Balaban J connectivity index is 1.27. The van der Waals surface area contributed by atoms with Gasteiger partial charge in [0.05, 0.1) is 24.8 Å². The molecule has 1 fully saturated rings. The van der Waals surface area contributed by atoms with Crippen molar-refractivity contribution in [2.75, 3.05) is 32.5 Å². The van der Waals surface area contributed by atoms with E-state index < -0.39 is 0 Å². The molecule has 0 radical (unpaired) electrons. The van der Waals surface area contributed by atoms with Crippen molar-refractivity contribution in [1.82, 2.24) is 24.6 Å². The van der Waals surface area contributed by atoms with Crippen LogP contribution in [0.2, 0.25) is 0 Å². The van der Waals surface area contributed by atoms with Gasteiger partial charge in [-0.05, 0) is 61.5 Å². The fourth-order valence-electron chi connectivity index (χ4n) is 4.38. The molecule has 1 aliphatic rings. The Kier molecular flexibility index (Phi) is 7.85. The van der Waals surface area contributed by atoms with Crippen LogP contribution in [0.4, 0.5) is 0 Å². The minimum Gasteiger partial charge on any atom is -0.497 e. The molecule has 0 bridgehead atoms. The molecule has 2 amide bonds. The largest absolute Gasteiger partial charge is 0.497 e. The average Bonchev–Trinajstić information content (AvgIpc) is 3.61. The summed E-state index contributed by atoms with van der Waals surface area (Å²) in [7, 11) is 1.62. The molecule has 38 heavy (non-hydrogen) atoms. The van der Waals surface area contributed by atoms with E-state index in [0.717, 1.165) is 15.9 Å². The molecule has 1 saturated heterocycles. The van der Waals surface area contributed by atoms with Crippen molar-refractivity contribution in [1.29, 1.82) is 0 Å². The number of benzene rings is 2. The lowest BCUT2D eigenvalue weighted by Crippen LogP contribution is -2.55. The summed E-state index contributed by atoms with van der Waals surface area (Å²) in [6.45, 7) is 3.40. The third-order valence-electron chi connectivity index (χ3n) is 6.34. The molecular weight excluding hydrogens is 570 g/mol. The molecule has 0 spiro atoms. The monoisotopic (exact) mass is 595 g/mol. The van der Waals surface area contributed by atoms with E-state index in [1.165, 1.54) is 11.8 Å². The van der Waals surface area contributed by atoms with Crippen LogP contribution in [0.15, 0.2) is 81.0 Å². The topological polar surface area (TPSA) is 93.7 Å². The van der Waals surface area contributed by atoms with Gasteiger partial charge < -0.3 is 19.0 Å². The van der Waals surface area contributed by atoms with Crippen molar-refractivity contribution in [3.63, 3.8) is 0 Å². The van der Waals surface area contributed by atoms with Crippen LogP contribution in [0.5, 0.6) is 5.75 Å². The first-order valence-corrected chi connectivity index (χ1v) is 13.8. The smallest absolute Gasteiger partial charge is 0.254 e. The van der Waals surface area contributed by atoms with Crippen LogP contribution in [0.25, 0.3) is 17.3 Å². The van der Waals surface area contributed by atoms with Crippen molar-refractivity contribution >= 4 is 39.5 Å². The number of hydrogen-bond donors (Lipinski definition) is 0. The van der Waals surface area contributed by atoms with Gasteiger partial charge in [0.2, 0.25) is 11.7 Å². The average molecular weight is 597 g/mol. The molecule has 5 rings (SSSR count). The fraction of sp³-hybridized carbons (Fsp3) is 0.259. The zero-order valence-electron chi connectivity index (χ0n) is 20.9. The number of amides is 2. The Morgan fingerprint density at radius 1 is 1.11 bits per heavy atom. The van der Waals surface area contributed by atoms with Gasteiger partial charge in [0, 0.05) is 35.7 Å². The van der Waals surface area contributed by atoms with Crippen molar-refractivity contribution in [3.8, 4) is 23.0 Å². The maximum Gasteiger partial charge on any atom is 0.254 e. The maximum atomic E-state index is 13.2. The van der Waals surface area contributed by atoms with Crippen molar-refractivity contribution in [2.24, 2.45) is 0 Å². The van der Waals surface area contributed by atoms with E-state index in [0.29, 0.717) is 41.9 Å². The van der Waals surface area contributed by atoms with Crippen LogP contribution < -0.4 is 4.74 Å². The molecule has 0 saturated carbocycles. The summed E-state index contributed by atoms with van der Waals surface area (Å²) in [5, 5.41) is 9.27. The molecule has 0 N–H and O–H groups in total. The van der Waals surface area contributed by atoms with Crippen molar-refractivity contribution < 1.29 is 18.7 Å². The summed E-state index contributed by atoms with van der Waals surface area (Å²) >= 11 is 4.74. The second-order valence-corrected chi connectivity index (χ2v) is 10.7.